The van der Waals surface area contributed by atoms with Crippen molar-refractivity contribution >= 4 is 15.7 Å². The van der Waals surface area contributed by atoms with E-state index in [1.165, 1.54) is 0 Å². The Labute approximate surface area is 127 Å². The second kappa shape index (κ2) is 6.34. The van der Waals surface area contributed by atoms with E-state index in [0.29, 0.717) is 12.2 Å². The van der Waals surface area contributed by atoms with Crippen LogP contribution in [0.1, 0.15) is 31.2 Å². The molecule has 1 aromatic carbocycles. The van der Waals surface area contributed by atoms with E-state index in [2.05, 4.69) is 9.62 Å². The molecule has 3 N–H and O–H groups in total. The maximum absolute atomic E-state index is 12.2. The zero-order valence-electron chi connectivity index (χ0n) is 12.8. The molecular weight excluding hydrogens is 286 g/mol. The first-order valence-corrected chi connectivity index (χ1v) is 8.97. The maximum atomic E-state index is 12.2. The number of nitrogen functional groups attached to an aromatic ring is 1. The highest BCUT2D eigenvalue weighted by atomic mass is 32.2. The van der Waals surface area contributed by atoms with Gasteiger partial charge in [0.1, 0.15) is 0 Å². The van der Waals surface area contributed by atoms with Crippen molar-refractivity contribution in [3.05, 3.63) is 29.8 Å². The number of anilines is 1. The van der Waals surface area contributed by atoms with Crippen molar-refractivity contribution in [2.24, 2.45) is 0 Å². The van der Waals surface area contributed by atoms with Gasteiger partial charge in [-0.25, -0.2) is 13.1 Å². The number of sulfonamides is 1. The summed E-state index contributed by atoms with van der Waals surface area (Å²) in [5.74, 6) is -0.00319. The molecule has 1 saturated carbocycles. The van der Waals surface area contributed by atoms with E-state index in [9.17, 15) is 8.42 Å². The van der Waals surface area contributed by atoms with Crippen LogP contribution < -0.4 is 10.5 Å². The standard InChI is InChI=1S/C15H25N3O2S/c1-18(2)15(9-3-4-10-15)12-17-21(19,20)11-13-5-7-14(16)8-6-13/h5-8,17H,3-4,9-12,16H2,1-2H3. The van der Waals surface area contributed by atoms with E-state index in [-0.39, 0.29) is 11.3 Å². The van der Waals surface area contributed by atoms with E-state index < -0.39 is 10.0 Å². The molecule has 1 aromatic rings. The monoisotopic (exact) mass is 311 g/mol. The van der Waals surface area contributed by atoms with E-state index in [0.717, 1.165) is 31.2 Å². The Balaban J connectivity index is 1.99. The number of nitrogens with one attached hydrogen (secondary N) is 1. The molecule has 6 heteroatoms. The van der Waals surface area contributed by atoms with Crippen molar-refractivity contribution < 1.29 is 8.42 Å². The van der Waals surface area contributed by atoms with Crippen LogP contribution in [0.15, 0.2) is 24.3 Å². The zero-order valence-corrected chi connectivity index (χ0v) is 13.6. The minimum Gasteiger partial charge on any atom is -0.399 e. The highest BCUT2D eigenvalue weighted by molar-refractivity contribution is 7.88. The third-order valence-corrected chi connectivity index (χ3v) is 5.74. The van der Waals surface area contributed by atoms with Gasteiger partial charge in [-0.05, 0) is 44.6 Å². The number of nitrogens with zero attached hydrogens (tertiary/aromatic N) is 1. The summed E-state index contributed by atoms with van der Waals surface area (Å²) in [4.78, 5) is 2.16. The van der Waals surface area contributed by atoms with Crippen molar-refractivity contribution in [2.75, 3.05) is 26.4 Å². The van der Waals surface area contributed by atoms with Crippen LogP contribution in [0.25, 0.3) is 0 Å². The lowest BCUT2D eigenvalue weighted by atomic mass is 9.97. The lowest BCUT2D eigenvalue weighted by Gasteiger charge is -2.36. The summed E-state index contributed by atoms with van der Waals surface area (Å²) in [6, 6.07) is 6.96. The van der Waals surface area contributed by atoms with Gasteiger partial charge >= 0.3 is 0 Å². The molecule has 0 amide bonds. The van der Waals surface area contributed by atoms with Crippen LogP contribution >= 0.6 is 0 Å². The fraction of sp³-hybridized carbons (Fsp3) is 0.600. The largest absolute Gasteiger partial charge is 0.399 e. The Morgan fingerprint density at radius 2 is 1.76 bits per heavy atom. The molecule has 0 saturated heterocycles. The fourth-order valence-electron chi connectivity index (χ4n) is 2.94. The zero-order chi connectivity index (χ0) is 15.5. The number of hydrogen-bond donors (Lipinski definition) is 2. The van der Waals surface area contributed by atoms with E-state index in [4.69, 9.17) is 5.73 Å². The van der Waals surface area contributed by atoms with Gasteiger partial charge in [0.25, 0.3) is 0 Å². The molecule has 1 fully saturated rings. The molecule has 0 heterocycles. The van der Waals surface area contributed by atoms with Gasteiger partial charge in [-0.15, -0.1) is 0 Å². The van der Waals surface area contributed by atoms with Gasteiger partial charge in [0.05, 0.1) is 5.75 Å². The van der Waals surface area contributed by atoms with Crippen LogP contribution in [0.3, 0.4) is 0 Å². The quantitative estimate of drug-likeness (QED) is 0.782. The molecule has 0 aliphatic heterocycles. The van der Waals surface area contributed by atoms with Crippen LogP contribution in [0.2, 0.25) is 0 Å². The number of benzene rings is 1. The third kappa shape index (κ3) is 4.18. The molecule has 0 bridgehead atoms. The highest BCUT2D eigenvalue weighted by Gasteiger charge is 2.36. The first-order valence-electron chi connectivity index (χ1n) is 7.32. The van der Waals surface area contributed by atoms with Gasteiger partial charge in [-0.3, -0.25) is 0 Å². The SMILES string of the molecule is CN(C)C1(CNS(=O)(=O)Cc2ccc(N)cc2)CCCC1. The minimum absolute atomic E-state index is 0.00319. The van der Waals surface area contributed by atoms with E-state index >= 15 is 0 Å². The molecule has 21 heavy (non-hydrogen) atoms. The van der Waals surface area contributed by atoms with Crippen LogP contribution in [0.4, 0.5) is 5.69 Å². The second-order valence-electron chi connectivity index (χ2n) is 6.15. The predicted octanol–water partition coefficient (Wildman–Crippen LogP) is 1.56. The third-order valence-electron chi connectivity index (χ3n) is 4.44. The average Bonchev–Trinajstić information content (AvgIpc) is 2.89. The summed E-state index contributed by atoms with van der Waals surface area (Å²) in [7, 11) is 0.731. The van der Waals surface area contributed by atoms with Gasteiger partial charge < -0.3 is 10.6 Å². The van der Waals surface area contributed by atoms with Crippen LogP contribution in [0.5, 0.6) is 0 Å². The van der Waals surface area contributed by atoms with Crippen molar-refractivity contribution in [1.29, 1.82) is 0 Å². The van der Waals surface area contributed by atoms with Crippen LogP contribution in [-0.2, 0) is 15.8 Å². The highest BCUT2D eigenvalue weighted by Crippen LogP contribution is 2.33. The Hall–Kier alpha value is -1.11. The summed E-state index contributed by atoms with van der Waals surface area (Å²) in [5.41, 5.74) is 6.97. The molecule has 0 radical (unpaired) electrons. The molecule has 1 aliphatic rings. The fourth-order valence-corrected chi connectivity index (χ4v) is 4.17. The molecule has 0 spiro atoms. The first kappa shape index (κ1) is 16.3. The molecule has 118 valence electrons. The molecule has 0 atom stereocenters. The Morgan fingerprint density at radius 1 is 1.19 bits per heavy atom. The summed E-state index contributed by atoms with van der Waals surface area (Å²) >= 11 is 0. The normalized spacial score (nSPS) is 18.2. The van der Waals surface area contributed by atoms with Crippen LogP contribution in [-0.4, -0.2) is 39.5 Å². The van der Waals surface area contributed by atoms with Gasteiger partial charge in [-0.1, -0.05) is 25.0 Å². The summed E-state index contributed by atoms with van der Waals surface area (Å²) < 4.78 is 27.3. The topological polar surface area (TPSA) is 75.4 Å². The molecule has 0 aromatic heterocycles. The molecule has 1 aliphatic carbocycles. The average molecular weight is 311 g/mol. The van der Waals surface area contributed by atoms with Crippen molar-refractivity contribution in [3.8, 4) is 0 Å². The molecule has 5 nitrogen and oxygen atoms in total. The maximum Gasteiger partial charge on any atom is 0.215 e. The summed E-state index contributed by atoms with van der Waals surface area (Å²) in [6.07, 6.45) is 4.42. The van der Waals surface area contributed by atoms with Crippen molar-refractivity contribution in [1.82, 2.24) is 9.62 Å². The Morgan fingerprint density at radius 3 is 2.29 bits per heavy atom. The van der Waals surface area contributed by atoms with E-state index in [1.807, 2.05) is 14.1 Å². The number of rotatable bonds is 6. The van der Waals surface area contributed by atoms with Gasteiger partial charge in [-0.2, -0.15) is 0 Å². The lowest BCUT2D eigenvalue weighted by Crippen LogP contribution is -2.50. The molecule has 2 rings (SSSR count). The van der Waals surface area contributed by atoms with Crippen molar-refractivity contribution in [3.63, 3.8) is 0 Å². The molecule has 0 unspecified atom stereocenters. The molecular formula is C15H25N3O2S. The smallest absolute Gasteiger partial charge is 0.215 e. The van der Waals surface area contributed by atoms with Crippen molar-refractivity contribution in [2.45, 2.75) is 37.0 Å². The van der Waals surface area contributed by atoms with Gasteiger partial charge in [0.15, 0.2) is 0 Å². The number of likely N-dealkylation sites (N-methyl/N-ethyl adjacent to an activating group) is 1. The second-order valence-corrected chi connectivity index (χ2v) is 7.95. The first-order chi connectivity index (χ1) is 9.83. The Bertz CT molecular complexity index is 561. The van der Waals surface area contributed by atoms with Crippen LogP contribution in [0, 0.1) is 0 Å². The lowest BCUT2D eigenvalue weighted by molar-refractivity contribution is 0.162. The summed E-state index contributed by atoms with van der Waals surface area (Å²) in [5, 5.41) is 0. The minimum atomic E-state index is -3.32. The predicted molar refractivity (Wildman–Crippen MR) is 86.4 cm³/mol. The Kier molecular flexibility index (Phi) is 4.91. The number of nitrogens with two attached hydrogens (primary N) is 1. The number of hydrogen-bond acceptors (Lipinski definition) is 4. The van der Waals surface area contributed by atoms with Gasteiger partial charge in [0, 0.05) is 17.8 Å². The van der Waals surface area contributed by atoms with E-state index in [1.54, 1.807) is 24.3 Å². The van der Waals surface area contributed by atoms with Gasteiger partial charge in [0.2, 0.25) is 10.0 Å². The summed E-state index contributed by atoms with van der Waals surface area (Å²) in [6.45, 7) is 0.483.